The molecular weight excluding hydrogens is 350 g/mol. The summed E-state index contributed by atoms with van der Waals surface area (Å²) in [6, 6.07) is 3.16. The van der Waals surface area contributed by atoms with Crippen LogP contribution in [0.1, 0.15) is 13.3 Å². The Morgan fingerprint density at radius 1 is 1.44 bits per heavy atom. The molecule has 0 unspecified atom stereocenters. The number of rotatable bonds is 5. The fraction of sp³-hybridized carbons (Fsp3) is 0.357. The van der Waals surface area contributed by atoms with Crippen molar-refractivity contribution >= 4 is 5.97 Å². The summed E-state index contributed by atoms with van der Waals surface area (Å²) in [6.07, 6.45) is -2.25. The number of carbonyl (C=O) groups excluding carboxylic acids is 1. The molecule has 25 heavy (non-hydrogen) atoms. The quantitative estimate of drug-likeness (QED) is 0.378. The zero-order valence-electron chi connectivity index (χ0n) is 13.0. The number of aliphatic hydroxyl groups is 1. The number of aryl methyl sites for hydroxylation is 1. The minimum atomic E-state index is -4.19. The number of hydrogen-bond donors (Lipinski definition) is 1. The molecule has 138 valence electrons. The summed E-state index contributed by atoms with van der Waals surface area (Å²) in [5, 5.41) is 15.4. The zero-order chi connectivity index (χ0) is 18.9. The van der Waals surface area contributed by atoms with Crippen LogP contribution in [0, 0.1) is 0 Å². The number of ether oxygens (including phenoxy) is 1. The van der Waals surface area contributed by atoms with E-state index in [0.717, 1.165) is 0 Å². The standard InChI is InChI=1S/C9H8F3N3O.C5H7FO3/c10-9(11,12)3-5-15-8(1-4-13-15)7-2-6-16-14-7;1-2-9-5(8)4(6)3-7/h1-2,4,6H,3,5H2;3,7H,2H2,1H3/b;4-3-. The molecule has 0 fully saturated rings. The Hall–Kier alpha value is -2.85. The summed E-state index contributed by atoms with van der Waals surface area (Å²) in [6.45, 7) is 1.42. The molecule has 1 N–H and O–H groups in total. The number of carbonyl (C=O) groups is 1. The van der Waals surface area contributed by atoms with Gasteiger partial charge in [-0.1, -0.05) is 5.16 Å². The van der Waals surface area contributed by atoms with Crippen molar-refractivity contribution in [1.29, 1.82) is 0 Å². The predicted octanol–water partition coefficient (Wildman–Crippen LogP) is 3.41. The van der Waals surface area contributed by atoms with Crippen LogP contribution in [0.15, 0.2) is 41.2 Å². The van der Waals surface area contributed by atoms with E-state index in [1.807, 2.05) is 0 Å². The Morgan fingerprint density at radius 3 is 2.68 bits per heavy atom. The maximum Gasteiger partial charge on any atom is 0.390 e. The van der Waals surface area contributed by atoms with E-state index >= 15 is 0 Å². The fourth-order valence-corrected chi connectivity index (χ4v) is 1.56. The van der Waals surface area contributed by atoms with Gasteiger partial charge in [-0.15, -0.1) is 0 Å². The largest absolute Gasteiger partial charge is 0.512 e. The second kappa shape index (κ2) is 9.45. The summed E-state index contributed by atoms with van der Waals surface area (Å²) in [5.74, 6) is -2.42. The van der Waals surface area contributed by atoms with Crippen LogP contribution in [0.2, 0.25) is 0 Å². The van der Waals surface area contributed by atoms with Crippen molar-refractivity contribution in [2.75, 3.05) is 6.61 Å². The normalized spacial score (nSPS) is 11.6. The molecule has 0 aliphatic heterocycles. The van der Waals surface area contributed by atoms with Crippen molar-refractivity contribution < 1.29 is 36.7 Å². The van der Waals surface area contributed by atoms with Crippen molar-refractivity contribution in [3.05, 3.63) is 36.7 Å². The van der Waals surface area contributed by atoms with Gasteiger partial charge in [-0.25, -0.2) is 4.79 Å². The fourth-order valence-electron chi connectivity index (χ4n) is 1.56. The number of aliphatic hydroxyl groups excluding tert-OH is 1. The molecule has 0 saturated carbocycles. The summed E-state index contributed by atoms with van der Waals surface area (Å²) in [7, 11) is 0. The average molecular weight is 365 g/mol. The Balaban J connectivity index is 0.000000299. The van der Waals surface area contributed by atoms with Gasteiger partial charge >= 0.3 is 12.1 Å². The van der Waals surface area contributed by atoms with E-state index in [1.54, 1.807) is 19.1 Å². The highest BCUT2D eigenvalue weighted by molar-refractivity contribution is 5.85. The highest BCUT2D eigenvalue weighted by atomic mass is 19.4. The number of alkyl halides is 3. The van der Waals surface area contributed by atoms with Crippen molar-refractivity contribution in [2.45, 2.75) is 26.1 Å². The van der Waals surface area contributed by atoms with E-state index in [2.05, 4.69) is 19.5 Å². The Kier molecular flexibility index (Phi) is 7.63. The van der Waals surface area contributed by atoms with Crippen LogP contribution < -0.4 is 0 Å². The van der Waals surface area contributed by atoms with E-state index in [1.165, 1.54) is 17.1 Å². The van der Waals surface area contributed by atoms with Gasteiger partial charge in [0.05, 0.1) is 25.3 Å². The Morgan fingerprint density at radius 2 is 2.16 bits per heavy atom. The lowest BCUT2D eigenvalue weighted by Crippen LogP contribution is -2.13. The van der Waals surface area contributed by atoms with Crippen LogP contribution in [0.5, 0.6) is 0 Å². The van der Waals surface area contributed by atoms with E-state index in [-0.39, 0.29) is 19.4 Å². The molecule has 7 nitrogen and oxygen atoms in total. The molecule has 0 aliphatic rings. The predicted molar refractivity (Wildman–Crippen MR) is 76.8 cm³/mol. The Bertz CT molecular complexity index is 681. The molecule has 0 bridgehead atoms. The van der Waals surface area contributed by atoms with Gasteiger partial charge in [0, 0.05) is 12.3 Å². The first kappa shape index (κ1) is 20.2. The van der Waals surface area contributed by atoms with Gasteiger partial charge in [-0.05, 0) is 13.0 Å². The smallest absolute Gasteiger partial charge is 0.390 e. The number of esters is 1. The van der Waals surface area contributed by atoms with Crippen molar-refractivity contribution in [2.24, 2.45) is 0 Å². The minimum absolute atomic E-state index is 0.0675. The van der Waals surface area contributed by atoms with E-state index in [9.17, 15) is 22.4 Å². The zero-order valence-corrected chi connectivity index (χ0v) is 13.0. The first-order valence-electron chi connectivity index (χ1n) is 6.94. The SMILES string of the molecule is CCOC(=O)/C(F)=C/O.FC(F)(F)CCn1nccc1-c1ccon1. The molecule has 0 aliphatic carbocycles. The van der Waals surface area contributed by atoms with Crippen LogP contribution in [-0.2, 0) is 16.1 Å². The minimum Gasteiger partial charge on any atom is -0.512 e. The third-order valence-corrected chi connectivity index (χ3v) is 2.61. The maximum absolute atomic E-state index is 12.0. The van der Waals surface area contributed by atoms with Crippen molar-refractivity contribution in [3.63, 3.8) is 0 Å². The molecule has 0 saturated heterocycles. The molecule has 11 heteroatoms. The molecule has 2 rings (SSSR count). The molecule has 0 aromatic carbocycles. The van der Waals surface area contributed by atoms with Crippen LogP contribution in [-0.4, -0.2) is 38.8 Å². The highest BCUT2D eigenvalue weighted by Crippen LogP contribution is 2.22. The van der Waals surface area contributed by atoms with E-state index in [0.29, 0.717) is 11.4 Å². The van der Waals surface area contributed by atoms with Crippen molar-refractivity contribution in [3.8, 4) is 11.4 Å². The summed E-state index contributed by atoms with van der Waals surface area (Å²) >= 11 is 0. The van der Waals surface area contributed by atoms with E-state index < -0.39 is 24.4 Å². The topological polar surface area (TPSA) is 90.4 Å². The third-order valence-electron chi connectivity index (χ3n) is 2.61. The van der Waals surface area contributed by atoms with Crippen LogP contribution in [0.25, 0.3) is 11.4 Å². The van der Waals surface area contributed by atoms with Gasteiger partial charge in [-0.2, -0.15) is 22.7 Å². The van der Waals surface area contributed by atoms with Gasteiger partial charge < -0.3 is 14.4 Å². The van der Waals surface area contributed by atoms with Gasteiger partial charge in [0.1, 0.15) is 18.2 Å². The van der Waals surface area contributed by atoms with Crippen LogP contribution in [0.4, 0.5) is 17.6 Å². The number of halogens is 4. The number of hydrogen-bond acceptors (Lipinski definition) is 6. The highest BCUT2D eigenvalue weighted by Gasteiger charge is 2.27. The van der Waals surface area contributed by atoms with Crippen LogP contribution >= 0.6 is 0 Å². The summed E-state index contributed by atoms with van der Waals surface area (Å²) in [4.78, 5) is 10.1. The molecule has 2 heterocycles. The molecule has 0 spiro atoms. The maximum atomic E-state index is 12.0. The molecular formula is C14H15F4N3O4. The van der Waals surface area contributed by atoms with E-state index in [4.69, 9.17) is 5.11 Å². The summed E-state index contributed by atoms with van der Waals surface area (Å²) < 4.78 is 58.0. The molecule has 2 aromatic rings. The lowest BCUT2D eigenvalue weighted by molar-refractivity contribution is -0.140. The Labute approximate surface area is 139 Å². The molecule has 0 amide bonds. The lowest BCUT2D eigenvalue weighted by Gasteiger charge is -2.07. The van der Waals surface area contributed by atoms with Crippen LogP contribution in [0.3, 0.4) is 0 Å². The summed E-state index contributed by atoms with van der Waals surface area (Å²) in [5.41, 5.74) is 0.984. The second-order valence-corrected chi connectivity index (χ2v) is 4.39. The average Bonchev–Trinajstić information content (AvgIpc) is 3.22. The van der Waals surface area contributed by atoms with Gasteiger partial charge in [0.15, 0.2) is 0 Å². The second-order valence-electron chi connectivity index (χ2n) is 4.39. The van der Waals surface area contributed by atoms with Crippen molar-refractivity contribution in [1.82, 2.24) is 14.9 Å². The number of aromatic nitrogens is 3. The third kappa shape index (κ3) is 7.06. The monoisotopic (exact) mass is 365 g/mol. The number of nitrogens with zero attached hydrogens (tertiary/aromatic N) is 3. The van der Waals surface area contributed by atoms with Gasteiger partial charge in [0.2, 0.25) is 5.83 Å². The van der Waals surface area contributed by atoms with Gasteiger partial charge in [-0.3, -0.25) is 4.68 Å². The first-order chi connectivity index (χ1) is 11.8. The molecule has 2 aromatic heterocycles. The molecule has 0 atom stereocenters. The first-order valence-corrected chi connectivity index (χ1v) is 6.94. The van der Waals surface area contributed by atoms with Gasteiger partial charge in [0.25, 0.3) is 0 Å². The molecule has 0 radical (unpaired) electrons. The lowest BCUT2D eigenvalue weighted by atomic mass is 10.3.